The van der Waals surface area contributed by atoms with Crippen LogP contribution in [0.25, 0.3) is 0 Å². The van der Waals surface area contributed by atoms with Gasteiger partial charge < -0.3 is 10.1 Å². The molecule has 94 valence electrons. The second-order valence-electron chi connectivity index (χ2n) is 4.61. The van der Waals surface area contributed by atoms with Crippen molar-refractivity contribution in [1.82, 2.24) is 5.32 Å². The van der Waals surface area contributed by atoms with E-state index >= 15 is 0 Å². The second-order valence-corrected chi connectivity index (χ2v) is 4.61. The summed E-state index contributed by atoms with van der Waals surface area (Å²) in [4.78, 5) is 0. The molecule has 0 spiro atoms. The zero-order chi connectivity index (χ0) is 12.1. The van der Waals surface area contributed by atoms with E-state index in [1.54, 1.807) is 6.07 Å². The van der Waals surface area contributed by atoms with Crippen LogP contribution in [0.1, 0.15) is 31.4 Å². The molecule has 1 aliphatic rings. The summed E-state index contributed by atoms with van der Waals surface area (Å²) >= 11 is 0. The minimum absolute atomic E-state index is 0.0417. The summed E-state index contributed by atoms with van der Waals surface area (Å²) in [5.74, 6) is 0.589. The van der Waals surface area contributed by atoms with Crippen LogP contribution in [-0.2, 0) is 4.74 Å². The highest BCUT2D eigenvalue weighted by molar-refractivity contribution is 5.21. The normalized spacial score (nSPS) is 17.1. The van der Waals surface area contributed by atoms with Gasteiger partial charge in [-0.3, -0.25) is 0 Å². The molecule has 0 saturated heterocycles. The summed E-state index contributed by atoms with van der Waals surface area (Å²) in [5.41, 5.74) is 0.699. The Hall–Kier alpha value is -0.930. The second kappa shape index (κ2) is 6.12. The van der Waals surface area contributed by atoms with Gasteiger partial charge in [-0.15, -0.1) is 0 Å². The zero-order valence-corrected chi connectivity index (χ0v) is 10.3. The van der Waals surface area contributed by atoms with Gasteiger partial charge >= 0.3 is 0 Å². The molecule has 0 bridgehead atoms. The molecule has 0 radical (unpaired) electrons. The summed E-state index contributed by atoms with van der Waals surface area (Å²) in [6, 6.07) is 6.86. The van der Waals surface area contributed by atoms with Crippen LogP contribution in [0.4, 0.5) is 4.39 Å². The fraction of sp³-hybridized carbons (Fsp3) is 0.571. The van der Waals surface area contributed by atoms with E-state index in [9.17, 15) is 4.39 Å². The summed E-state index contributed by atoms with van der Waals surface area (Å²) in [7, 11) is 0. The molecule has 1 saturated carbocycles. The minimum Gasteiger partial charge on any atom is -0.379 e. The summed E-state index contributed by atoms with van der Waals surface area (Å²) in [6.07, 6.45) is 2.57. The number of benzene rings is 1. The molecular formula is C14H20FNO. The highest BCUT2D eigenvalue weighted by Crippen LogP contribution is 2.29. The maximum absolute atomic E-state index is 13.7. The van der Waals surface area contributed by atoms with E-state index in [-0.39, 0.29) is 11.9 Å². The summed E-state index contributed by atoms with van der Waals surface area (Å²) in [6.45, 7) is 4.20. The predicted molar refractivity (Wildman–Crippen MR) is 66.4 cm³/mol. The summed E-state index contributed by atoms with van der Waals surface area (Å²) in [5, 5.41) is 3.27. The fourth-order valence-electron chi connectivity index (χ4n) is 1.90. The van der Waals surface area contributed by atoms with Crippen LogP contribution in [0.3, 0.4) is 0 Å². The van der Waals surface area contributed by atoms with Crippen molar-refractivity contribution in [2.75, 3.05) is 19.8 Å². The van der Waals surface area contributed by atoms with Gasteiger partial charge in [0.25, 0.3) is 0 Å². The Morgan fingerprint density at radius 3 is 2.82 bits per heavy atom. The first-order chi connectivity index (χ1) is 8.31. The molecule has 1 aliphatic carbocycles. The first-order valence-corrected chi connectivity index (χ1v) is 6.36. The Balaban J connectivity index is 1.92. The van der Waals surface area contributed by atoms with Crippen molar-refractivity contribution < 1.29 is 9.13 Å². The van der Waals surface area contributed by atoms with Crippen LogP contribution in [-0.4, -0.2) is 19.8 Å². The molecule has 17 heavy (non-hydrogen) atoms. The van der Waals surface area contributed by atoms with Crippen LogP contribution >= 0.6 is 0 Å². The predicted octanol–water partition coefficient (Wildman–Crippen LogP) is 2.90. The molecule has 1 fully saturated rings. The lowest BCUT2D eigenvalue weighted by atomic mass is 10.1. The van der Waals surface area contributed by atoms with E-state index in [1.807, 2.05) is 19.1 Å². The first kappa shape index (κ1) is 12.5. The zero-order valence-electron chi connectivity index (χ0n) is 10.3. The van der Waals surface area contributed by atoms with Crippen molar-refractivity contribution in [1.29, 1.82) is 0 Å². The topological polar surface area (TPSA) is 21.3 Å². The number of hydrogen-bond acceptors (Lipinski definition) is 2. The van der Waals surface area contributed by atoms with Crippen LogP contribution in [0.5, 0.6) is 0 Å². The number of nitrogens with one attached hydrogen (secondary N) is 1. The maximum atomic E-state index is 13.7. The Morgan fingerprint density at radius 2 is 2.18 bits per heavy atom. The molecule has 1 unspecified atom stereocenters. The Labute approximate surface area is 102 Å². The van der Waals surface area contributed by atoms with Gasteiger partial charge in [0.1, 0.15) is 5.82 Å². The van der Waals surface area contributed by atoms with Crippen molar-refractivity contribution in [3.8, 4) is 0 Å². The van der Waals surface area contributed by atoms with Crippen LogP contribution in [0.15, 0.2) is 24.3 Å². The standard InChI is InChI=1S/C14H20FNO/c1-2-16-14(10-17-9-11-7-8-11)12-5-3-4-6-13(12)15/h3-6,11,14,16H,2,7-10H2,1H3. The Bertz CT molecular complexity index is 352. The highest BCUT2D eigenvalue weighted by Gasteiger charge is 2.22. The van der Waals surface area contributed by atoms with E-state index in [2.05, 4.69) is 5.32 Å². The smallest absolute Gasteiger partial charge is 0.128 e. The van der Waals surface area contributed by atoms with Crippen molar-refractivity contribution in [3.63, 3.8) is 0 Å². The van der Waals surface area contributed by atoms with Gasteiger partial charge in [0, 0.05) is 12.2 Å². The van der Waals surface area contributed by atoms with Gasteiger partial charge in [-0.25, -0.2) is 4.39 Å². The molecule has 0 amide bonds. The molecule has 1 N–H and O–H groups in total. The average molecular weight is 237 g/mol. The molecule has 1 atom stereocenters. The molecular weight excluding hydrogens is 217 g/mol. The van der Waals surface area contributed by atoms with Crippen LogP contribution < -0.4 is 5.32 Å². The summed E-state index contributed by atoms with van der Waals surface area (Å²) < 4.78 is 19.3. The van der Waals surface area contributed by atoms with Gasteiger partial charge in [0.15, 0.2) is 0 Å². The van der Waals surface area contributed by atoms with Gasteiger partial charge in [0.05, 0.1) is 12.6 Å². The Kier molecular flexibility index (Phi) is 4.51. The fourth-order valence-corrected chi connectivity index (χ4v) is 1.90. The van der Waals surface area contributed by atoms with E-state index in [0.29, 0.717) is 12.2 Å². The minimum atomic E-state index is -0.159. The van der Waals surface area contributed by atoms with Crippen molar-refractivity contribution in [2.24, 2.45) is 5.92 Å². The van der Waals surface area contributed by atoms with Crippen molar-refractivity contribution >= 4 is 0 Å². The highest BCUT2D eigenvalue weighted by atomic mass is 19.1. The SMILES string of the molecule is CCNC(COCC1CC1)c1ccccc1F. The molecule has 2 nitrogen and oxygen atoms in total. The largest absolute Gasteiger partial charge is 0.379 e. The average Bonchev–Trinajstić information content (AvgIpc) is 3.13. The van der Waals surface area contributed by atoms with Gasteiger partial charge in [0.2, 0.25) is 0 Å². The van der Waals surface area contributed by atoms with E-state index in [0.717, 1.165) is 19.1 Å². The molecule has 0 aliphatic heterocycles. The van der Waals surface area contributed by atoms with Gasteiger partial charge in [-0.05, 0) is 31.4 Å². The maximum Gasteiger partial charge on any atom is 0.128 e. The molecule has 0 aromatic heterocycles. The monoisotopic (exact) mass is 237 g/mol. The number of rotatable bonds is 7. The number of ether oxygens (including phenoxy) is 1. The molecule has 1 aromatic carbocycles. The lowest BCUT2D eigenvalue weighted by Gasteiger charge is -2.19. The van der Waals surface area contributed by atoms with Crippen molar-refractivity contribution in [3.05, 3.63) is 35.6 Å². The molecule has 0 heterocycles. The molecule has 2 rings (SSSR count). The quantitative estimate of drug-likeness (QED) is 0.787. The molecule has 3 heteroatoms. The number of likely N-dealkylation sites (N-methyl/N-ethyl adjacent to an activating group) is 1. The van der Waals surface area contributed by atoms with Crippen LogP contribution in [0.2, 0.25) is 0 Å². The third-order valence-electron chi connectivity index (χ3n) is 3.07. The van der Waals surface area contributed by atoms with Gasteiger partial charge in [-0.1, -0.05) is 25.1 Å². The third-order valence-corrected chi connectivity index (χ3v) is 3.07. The van der Waals surface area contributed by atoms with E-state index in [4.69, 9.17) is 4.74 Å². The third kappa shape index (κ3) is 3.79. The molecule has 1 aromatic rings. The van der Waals surface area contributed by atoms with Crippen molar-refractivity contribution in [2.45, 2.75) is 25.8 Å². The lowest BCUT2D eigenvalue weighted by molar-refractivity contribution is 0.102. The van der Waals surface area contributed by atoms with E-state index in [1.165, 1.54) is 18.9 Å². The number of hydrogen-bond donors (Lipinski definition) is 1. The van der Waals surface area contributed by atoms with Crippen LogP contribution in [0, 0.1) is 11.7 Å². The van der Waals surface area contributed by atoms with Gasteiger partial charge in [-0.2, -0.15) is 0 Å². The number of halogens is 1. The van der Waals surface area contributed by atoms with E-state index < -0.39 is 0 Å². The lowest BCUT2D eigenvalue weighted by Crippen LogP contribution is -2.26. The first-order valence-electron chi connectivity index (χ1n) is 6.36. The Morgan fingerprint density at radius 1 is 1.41 bits per heavy atom.